The Morgan fingerprint density at radius 1 is 1.27 bits per heavy atom. The lowest BCUT2D eigenvalue weighted by Gasteiger charge is -2.08. The lowest BCUT2D eigenvalue weighted by atomic mass is 10.1. The number of oxime groups is 1. The molecule has 0 unspecified atom stereocenters. The van der Waals surface area contributed by atoms with Crippen LogP contribution in [-0.2, 0) is 18.0 Å². The van der Waals surface area contributed by atoms with Gasteiger partial charge < -0.3 is 9.40 Å². The third-order valence-corrected chi connectivity index (χ3v) is 4.92. The van der Waals surface area contributed by atoms with Crippen LogP contribution in [0.3, 0.4) is 0 Å². The second-order valence-electron chi connectivity index (χ2n) is 6.25. The topological polar surface area (TPSA) is 39.4 Å². The molecule has 2 aromatic heterocycles. The van der Waals surface area contributed by atoms with Gasteiger partial charge in [0.1, 0.15) is 5.71 Å². The largest absolute Gasteiger partial charge is 0.390 e. The molecular weight excluding hydrogens is 342 g/mol. The first-order chi connectivity index (χ1) is 12.9. The van der Waals surface area contributed by atoms with Gasteiger partial charge in [0.2, 0.25) is 0 Å². The summed E-state index contributed by atoms with van der Waals surface area (Å²) in [5, 5.41) is 6.43. The Bertz CT molecular complexity index is 912. The van der Waals surface area contributed by atoms with Crippen LogP contribution >= 0.6 is 11.3 Å². The van der Waals surface area contributed by atoms with Crippen LogP contribution in [-0.4, -0.2) is 15.3 Å². The average molecular weight is 361 g/mol. The third kappa shape index (κ3) is 4.62. The molecule has 0 atom stereocenters. The minimum absolute atomic E-state index is 0.482. The Balaban J connectivity index is 1.50. The van der Waals surface area contributed by atoms with Crippen molar-refractivity contribution in [1.82, 2.24) is 9.55 Å². The van der Waals surface area contributed by atoms with Gasteiger partial charge in [-0.15, -0.1) is 11.3 Å². The molecule has 3 aromatic rings. The second-order valence-corrected chi connectivity index (χ2v) is 7.28. The Morgan fingerprint density at radius 3 is 2.85 bits per heavy atom. The molecule has 0 saturated heterocycles. The van der Waals surface area contributed by atoms with Crippen molar-refractivity contribution < 1.29 is 4.84 Å². The van der Waals surface area contributed by atoms with Crippen LogP contribution in [0.4, 0.5) is 0 Å². The number of rotatable bonds is 6. The monoisotopic (exact) mass is 361 g/mol. The van der Waals surface area contributed by atoms with E-state index < -0.39 is 0 Å². The van der Waals surface area contributed by atoms with E-state index in [2.05, 4.69) is 34.1 Å². The van der Waals surface area contributed by atoms with Crippen molar-refractivity contribution in [1.29, 1.82) is 0 Å². The van der Waals surface area contributed by atoms with Crippen LogP contribution in [0.15, 0.2) is 65.7 Å². The van der Waals surface area contributed by atoms with Gasteiger partial charge >= 0.3 is 0 Å². The predicted octanol–water partition coefficient (Wildman–Crippen LogP) is 4.33. The van der Waals surface area contributed by atoms with Gasteiger partial charge in [-0.3, -0.25) is 0 Å². The number of aromatic nitrogens is 2. The fourth-order valence-corrected chi connectivity index (χ4v) is 3.06. The van der Waals surface area contributed by atoms with Crippen LogP contribution in [0.1, 0.15) is 28.8 Å². The maximum atomic E-state index is 5.60. The number of hydrogen-bond donors (Lipinski definition) is 0. The summed E-state index contributed by atoms with van der Waals surface area (Å²) in [5.74, 6) is 7.15. The lowest BCUT2D eigenvalue weighted by molar-refractivity contribution is 0.132. The first-order valence-corrected chi connectivity index (χ1v) is 9.54. The summed E-state index contributed by atoms with van der Waals surface area (Å²) in [6, 6.07) is 12.3. The van der Waals surface area contributed by atoms with Crippen molar-refractivity contribution in [2.45, 2.75) is 26.0 Å². The summed E-state index contributed by atoms with van der Waals surface area (Å²) in [5.41, 5.74) is 2.94. The molecule has 130 valence electrons. The SMILES string of the molecule is C(#CC1CC1)c1ccc(C(Cn2ccnc2)=NOCc2cccs2)cc1. The summed E-state index contributed by atoms with van der Waals surface area (Å²) in [7, 11) is 0. The first-order valence-electron chi connectivity index (χ1n) is 8.66. The minimum Gasteiger partial charge on any atom is -0.390 e. The number of benzene rings is 1. The van der Waals surface area contributed by atoms with Crippen molar-refractivity contribution in [2.24, 2.45) is 11.1 Å². The van der Waals surface area contributed by atoms with Crippen molar-refractivity contribution >= 4 is 17.0 Å². The molecular formula is C21H19N3OS. The van der Waals surface area contributed by atoms with E-state index in [4.69, 9.17) is 4.84 Å². The van der Waals surface area contributed by atoms with Gasteiger partial charge in [0.15, 0.2) is 6.61 Å². The molecule has 0 amide bonds. The maximum absolute atomic E-state index is 5.60. The number of nitrogens with zero attached hydrogens (tertiary/aromatic N) is 3. The Kier molecular flexibility index (Phi) is 5.13. The Labute approximate surface area is 157 Å². The average Bonchev–Trinajstić information content (AvgIpc) is 3.10. The zero-order chi connectivity index (χ0) is 17.6. The molecule has 1 aliphatic carbocycles. The molecule has 26 heavy (non-hydrogen) atoms. The zero-order valence-corrected chi connectivity index (χ0v) is 15.2. The summed E-state index contributed by atoms with van der Waals surface area (Å²) in [6.07, 6.45) is 7.96. The minimum atomic E-state index is 0.482. The van der Waals surface area contributed by atoms with Crippen molar-refractivity contribution in [3.05, 3.63) is 76.5 Å². The van der Waals surface area contributed by atoms with Crippen molar-refractivity contribution in [3.8, 4) is 11.8 Å². The van der Waals surface area contributed by atoms with Crippen molar-refractivity contribution in [3.63, 3.8) is 0 Å². The summed E-state index contributed by atoms with van der Waals surface area (Å²) in [6.45, 7) is 1.09. The summed E-state index contributed by atoms with van der Waals surface area (Å²) >= 11 is 1.67. The molecule has 1 aromatic carbocycles. The fourth-order valence-electron chi connectivity index (χ4n) is 2.45. The summed E-state index contributed by atoms with van der Waals surface area (Å²) in [4.78, 5) is 10.9. The first kappa shape index (κ1) is 16.6. The van der Waals surface area contributed by atoms with Gasteiger partial charge in [0, 0.05) is 34.3 Å². The smallest absolute Gasteiger partial charge is 0.151 e. The van der Waals surface area contributed by atoms with Crippen LogP contribution in [0.2, 0.25) is 0 Å². The maximum Gasteiger partial charge on any atom is 0.151 e. The molecule has 4 rings (SSSR count). The highest BCUT2D eigenvalue weighted by Crippen LogP contribution is 2.27. The van der Waals surface area contributed by atoms with Crippen LogP contribution < -0.4 is 0 Å². The van der Waals surface area contributed by atoms with E-state index in [9.17, 15) is 0 Å². The predicted molar refractivity (Wildman–Crippen MR) is 104 cm³/mol. The van der Waals surface area contributed by atoms with E-state index in [-0.39, 0.29) is 0 Å². The van der Waals surface area contributed by atoms with E-state index in [0.717, 1.165) is 21.7 Å². The van der Waals surface area contributed by atoms with Crippen LogP contribution in [0, 0.1) is 17.8 Å². The van der Waals surface area contributed by atoms with E-state index >= 15 is 0 Å². The van der Waals surface area contributed by atoms with Gasteiger partial charge in [0.25, 0.3) is 0 Å². The molecule has 0 bridgehead atoms. The van der Waals surface area contributed by atoms with E-state index in [1.165, 1.54) is 12.8 Å². The highest BCUT2D eigenvalue weighted by molar-refractivity contribution is 7.09. The van der Waals surface area contributed by atoms with Gasteiger partial charge in [0.05, 0.1) is 12.9 Å². The molecule has 2 heterocycles. The Morgan fingerprint density at radius 2 is 2.15 bits per heavy atom. The highest BCUT2D eigenvalue weighted by Gasteiger charge is 2.17. The highest BCUT2D eigenvalue weighted by atomic mass is 32.1. The van der Waals surface area contributed by atoms with Crippen LogP contribution in [0.5, 0.6) is 0 Å². The van der Waals surface area contributed by atoms with E-state index in [1.54, 1.807) is 23.9 Å². The fraction of sp³-hybridized carbons (Fsp3) is 0.238. The molecule has 5 heteroatoms. The normalized spacial score (nSPS) is 13.9. The number of thiophene rings is 1. The van der Waals surface area contributed by atoms with Gasteiger partial charge in [-0.05, 0) is 36.4 Å². The molecule has 1 saturated carbocycles. The summed E-state index contributed by atoms with van der Waals surface area (Å²) < 4.78 is 1.98. The molecule has 0 aliphatic heterocycles. The van der Waals surface area contributed by atoms with Gasteiger partial charge in [-0.1, -0.05) is 35.2 Å². The molecule has 4 nitrogen and oxygen atoms in total. The second kappa shape index (κ2) is 8.03. The number of imidazole rings is 1. The molecule has 1 aliphatic rings. The molecule has 0 spiro atoms. The molecule has 0 radical (unpaired) electrons. The molecule has 1 fully saturated rings. The van der Waals surface area contributed by atoms with E-state index in [0.29, 0.717) is 19.1 Å². The van der Waals surface area contributed by atoms with Crippen LogP contribution in [0.25, 0.3) is 0 Å². The Hall–Kier alpha value is -2.84. The van der Waals surface area contributed by atoms with Gasteiger partial charge in [-0.25, -0.2) is 4.98 Å². The van der Waals surface area contributed by atoms with E-state index in [1.807, 2.05) is 40.4 Å². The lowest BCUT2D eigenvalue weighted by Crippen LogP contribution is -2.11. The van der Waals surface area contributed by atoms with Crippen molar-refractivity contribution in [2.75, 3.05) is 0 Å². The molecule has 0 N–H and O–H groups in total. The third-order valence-electron chi connectivity index (χ3n) is 4.07. The quantitative estimate of drug-likeness (QED) is 0.372. The standard InChI is InChI=1S/C21H19N3OS/c1-2-20(26-13-1)15-25-23-21(14-24-12-11-22-16-24)19-9-7-18(8-10-19)6-5-17-3-4-17/h1-2,7-13,16-17H,3-4,14-15H2. The zero-order valence-electron chi connectivity index (χ0n) is 14.3. The van der Waals surface area contributed by atoms with Gasteiger partial charge in [-0.2, -0.15) is 0 Å². The number of hydrogen-bond acceptors (Lipinski definition) is 4.